The number of rotatable bonds is 12. The van der Waals surface area contributed by atoms with E-state index in [1.54, 1.807) is 0 Å². The van der Waals surface area contributed by atoms with Crippen LogP contribution in [0.4, 0.5) is 0 Å². The van der Waals surface area contributed by atoms with E-state index in [1.807, 2.05) is 24.3 Å². The van der Waals surface area contributed by atoms with Gasteiger partial charge in [0.1, 0.15) is 49.3 Å². The van der Waals surface area contributed by atoms with Gasteiger partial charge in [-0.3, -0.25) is 0 Å². The molecule has 0 aromatic heterocycles. The minimum atomic E-state index is -0.832. The summed E-state index contributed by atoms with van der Waals surface area (Å²) in [6.45, 7) is 7.86. The molecule has 3 aromatic rings. The highest BCUT2D eigenvalue weighted by Gasteiger charge is 2.29. The van der Waals surface area contributed by atoms with E-state index in [2.05, 4.69) is 128 Å². The summed E-state index contributed by atoms with van der Waals surface area (Å²) in [5.41, 5.74) is 3.02. The third-order valence-corrected chi connectivity index (χ3v) is 10.1. The largest absolute Gasteiger partial charge is 0.488 e. The van der Waals surface area contributed by atoms with Crippen molar-refractivity contribution in [3.05, 3.63) is 79.9 Å². The van der Waals surface area contributed by atoms with Gasteiger partial charge < -0.3 is 24.1 Å². The van der Waals surface area contributed by atoms with Gasteiger partial charge in [0.15, 0.2) is 0 Å². The van der Waals surface area contributed by atoms with Crippen LogP contribution >= 0.6 is 95.6 Å². The molecule has 11 heteroatoms. The molecule has 4 rings (SSSR count). The molecule has 0 amide bonds. The summed E-state index contributed by atoms with van der Waals surface area (Å²) in [7, 11) is 0. The Bertz CT molecular complexity index is 1310. The van der Waals surface area contributed by atoms with Crippen LogP contribution in [0.3, 0.4) is 0 Å². The molecule has 2 unspecified atom stereocenters. The molecule has 3 aromatic carbocycles. The van der Waals surface area contributed by atoms with Crippen molar-refractivity contribution in [1.82, 2.24) is 0 Å². The lowest BCUT2D eigenvalue weighted by atomic mass is 9.78. The quantitative estimate of drug-likeness (QED) is 0.184. The molecule has 0 saturated carbocycles. The summed E-state index contributed by atoms with van der Waals surface area (Å²) >= 11 is 21.8. The minimum Gasteiger partial charge on any atom is -0.488 e. The van der Waals surface area contributed by atoms with Crippen molar-refractivity contribution in [3.63, 3.8) is 0 Å². The second kappa shape index (κ2) is 14.1. The second-order valence-electron chi connectivity index (χ2n) is 9.95. The van der Waals surface area contributed by atoms with Crippen molar-refractivity contribution in [2.24, 2.45) is 0 Å². The maximum atomic E-state index is 10.6. The van der Waals surface area contributed by atoms with Crippen LogP contribution in [0, 0.1) is 0 Å². The molecule has 40 heavy (non-hydrogen) atoms. The maximum absolute atomic E-state index is 10.6. The van der Waals surface area contributed by atoms with Crippen LogP contribution in [0.25, 0.3) is 0 Å². The van der Waals surface area contributed by atoms with E-state index in [9.17, 15) is 5.11 Å². The van der Waals surface area contributed by atoms with Gasteiger partial charge in [0, 0.05) is 5.41 Å². The zero-order valence-electron chi connectivity index (χ0n) is 22.0. The highest BCUT2D eigenvalue weighted by atomic mass is 79.9. The number of aliphatic hydroxyl groups excluding tert-OH is 1. The predicted molar refractivity (Wildman–Crippen MR) is 179 cm³/mol. The van der Waals surface area contributed by atoms with E-state index in [0.717, 1.165) is 56.7 Å². The Morgan fingerprint density at radius 3 is 1.50 bits per heavy atom. The zero-order chi connectivity index (χ0) is 29.2. The van der Waals surface area contributed by atoms with Gasteiger partial charge in [-0.2, -0.15) is 0 Å². The number of hydrogen-bond acceptors (Lipinski definition) is 5. The zero-order valence-corrected chi connectivity index (χ0v) is 31.5. The SMILES string of the molecule is CCc1cc(Br)c(OCC(O)COc2c(Br)cc(C(C)(C)c3cc(Br)c(OCC4CO4)c(Br)c3)cc2Br)c(Br)c1. The van der Waals surface area contributed by atoms with Gasteiger partial charge >= 0.3 is 0 Å². The molecule has 1 aliphatic rings. The molecule has 5 nitrogen and oxygen atoms in total. The van der Waals surface area contributed by atoms with Gasteiger partial charge in [-0.1, -0.05) is 20.8 Å². The van der Waals surface area contributed by atoms with Crippen molar-refractivity contribution in [2.75, 3.05) is 26.4 Å². The summed E-state index contributed by atoms with van der Waals surface area (Å²) < 4.78 is 28.1. The number of hydrogen-bond donors (Lipinski definition) is 1. The van der Waals surface area contributed by atoms with Gasteiger partial charge in [0.25, 0.3) is 0 Å². The van der Waals surface area contributed by atoms with E-state index in [0.29, 0.717) is 18.1 Å². The normalized spacial score (nSPS) is 15.6. The minimum absolute atomic E-state index is 0.0650. The summed E-state index contributed by atoms with van der Waals surface area (Å²) in [6.07, 6.45) is 0.267. The lowest BCUT2D eigenvalue weighted by Crippen LogP contribution is -2.25. The van der Waals surface area contributed by atoms with Gasteiger partial charge in [0.2, 0.25) is 0 Å². The van der Waals surface area contributed by atoms with Gasteiger partial charge in [-0.15, -0.1) is 0 Å². The monoisotopic (exact) mass is 930 g/mol. The summed E-state index contributed by atoms with van der Waals surface area (Å²) in [5.74, 6) is 2.03. The number of benzene rings is 3. The molecule has 1 heterocycles. The molecule has 0 spiro atoms. The number of aliphatic hydroxyl groups is 1. The topological polar surface area (TPSA) is 60.5 Å². The van der Waals surface area contributed by atoms with Crippen molar-refractivity contribution >= 4 is 95.6 Å². The Balaban J connectivity index is 1.43. The van der Waals surface area contributed by atoms with E-state index in [1.165, 1.54) is 5.56 Å². The Morgan fingerprint density at radius 1 is 0.750 bits per heavy atom. The third-order valence-electron chi connectivity index (χ3n) is 6.56. The highest BCUT2D eigenvalue weighted by molar-refractivity contribution is 9.11. The van der Waals surface area contributed by atoms with E-state index >= 15 is 0 Å². The number of aryl methyl sites for hydroxylation is 1. The number of halogens is 6. The summed E-state index contributed by atoms with van der Waals surface area (Å²) in [6, 6.07) is 12.3. The van der Waals surface area contributed by atoms with Crippen LogP contribution in [-0.2, 0) is 16.6 Å². The van der Waals surface area contributed by atoms with E-state index in [4.69, 9.17) is 18.9 Å². The van der Waals surface area contributed by atoms with Crippen molar-refractivity contribution < 1.29 is 24.1 Å². The molecular formula is C29H28Br6O5. The molecular weight excluding hydrogens is 908 g/mol. The fourth-order valence-electron chi connectivity index (χ4n) is 3.99. The Morgan fingerprint density at radius 2 is 1.12 bits per heavy atom. The molecule has 1 saturated heterocycles. The smallest absolute Gasteiger partial charge is 0.147 e. The summed E-state index contributed by atoms with van der Waals surface area (Å²) in [4.78, 5) is 0. The first-order chi connectivity index (χ1) is 18.9. The molecule has 0 aliphatic carbocycles. The molecule has 2 atom stereocenters. The van der Waals surface area contributed by atoms with Crippen molar-refractivity contribution in [1.29, 1.82) is 0 Å². The lowest BCUT2D eigenvalue weighted by molar-refractivity contribution is 0.0616. The fourth-order valence-corrected chi connectivity index (χ4v) is 8.33. The molecule has 1 N–H and O–H groups in total. The molecule has 216 valence electrons. The van der Waals surface area contributed by atoms with Crippen LogP contribution in [0.5, 0.6) is 17.2 Å². The average molecular weight is 936 g/mol. The van der Waals surface area contributed by atoms with Gasteiger partial charge in [-0.05, 0) is 155 Å². The number of ether oxygens (including phenoxy) is 4. The van der Waals surface area contributed by atoms with E-state index in [-0.39, 0.29) is 24.7 Å². The molecule has 0 radical (unpaired) electrons. The van der Waals surface area contributed by atoms with Crippen LogP contribution in [0.1, 0.15) is 37.5 Å². The third kappa shape index (κ3) is 8.07. The van der Waals surface area contributed by atoms with Gasteiger partial charge in [-0.25, -0.2) is 0 Å². The Kier molecular flexibility index (Phi) is 11.5. The Hall–Kier alpha value is -0.140. The van der Waals surface area contributed by atoms with Crippen molar-refractivity contribution in [3.8, 4) is 17.2 Å². The highest BCUT2D eigenvalue weighted by Crippen LogP contribution is 2.44. The first kappa shape index (κ1) is 32.8. The van der Waals surface area contributed by atoms with E-state index < -0.39 is 6.10 Å². The lowest BCUT2D eigenvalue weighted by Gasteiger charge is -2.28. The van der Waals surface area contributed by atoms with Crippen LogP contribution in [0.2, 0.25) is 0 Å². The number of epoxide rings is 1. The maximum Gasteiger partial charge on any atom is 0.147 e. The average Bonchev–Trinajstić information content (AvgIpc) is 3.71. The summed E-state index contributed by atoms with van der Waals surface area (Å²) in [5, 5.41) is 10.6. The first-order valence-corrected chi connectivity index (χ1v) is 17.3. The fraction of sp³-hybridized carbons (Fsp3) is 0.379. The van der Waals surface area contributed by atoms with Crippen LogP contribution < -0.4 is 14.2 Å². The molecule has 1 aliphatic heterocycles. The van der Waals surface area contributed by atoms with Crippen LogP contribution in [0.15, 0.2) is 63.2 Å². The molecule has 0 bridgehead atoms. The predicted octanol–water partition coefficient (Wildman–Crippen LogP) is 9.75. The first-order valence-electron chi connectivity index (χ1n) is 12.6. The standard InChI is InChI=1S/C29H28Br6O5/c1-4-15-5-20(30)26(21(31)6-15)38-11-18(36)12-39-27-22(32)7-16(8-23(27)33)29(2,3)17-9-24(34)28(25(35)10-17)40-14-19-13-37-19/h5-10,18-19,36H,4,11-14H2,1-3H3. The van der Waals surface area contributed by atoms with Crippen molar-refractivity contribution in [2.45, 2.75) is 44.8 Å². The van der Waals surface area contributed by atoms with Gasteiger partial charge in [0.05, 0.1) is 33.4 Å². The second-order valence-corrected chi connectivity index (χ2v) is 15.1. The van der Waals surface area contributed by atoms with Crippen LogP contribution in [-0.4, -0.2) is 43.7 Å². The molecule has 1 fully saturated rings. The Labute approximate surface area is 285 Å².